The van der Waals surface area contributed by atoms with Crippen molar-refractivity contribution >= 4 is 11.8 Å². The predicted octanol–water partition coefficient (Wildman–Crippen LogP) is 5.26. The third-order valence-electron chi connectivity index (χ3n) is 6.26. The molecule has 180 valence electrons. The number of aromatic nitrogens is 1. The van der Waals surface area contributed by atoms with Crippen LogP contribution in [0.25, 0.3) is 0 Å². The van der Waals surface area contributed by atoms with Crippen LogP contribution in [0.15, 0.2) is 42.6 Å². The topological polar surface area (TPSA) is 45.6 Å². The van der Waals surface area contributed by atoms with Gasteiger partial charge < -0.3 is 14.4 Å². The van der Waals surface area contributed by atoms with Gasteiger partial charge in [0, 0.05) is 37.4 Å². The third-order valence-corrected chi connectivity index (χ3v) is 6.26. The quantitative estimate of drug-likeness (QED) is 0.572. The van der Waals surface area contributed by atoms with Crippen LogP contribution in [0.2, 0.25) is 0 Å². The first-order chi connectivity index (χ1) is 15.5. The highest BCUT2D eigenvalue weighted by Crippen LogP contribution is 2.33. The molecule has 0 saturated carbocycles. The van der Waals surface area contributed by atoms with Crippen molar-refractivity contribution in [2.75, 3.05) is 13.1 Å². The van der Waals surface area contributed by atoms with Crippen molar-refractivity contribution in [3.63, 3.8) is 0 Å². The Bertz CT molecular complexity index is 976. The van der Waals surface area contributed by atoms with Gasteiger partial charge in [0.15, 0.2) is 0 Å². The summed E-state index contributed by atoms with van der Waals surface area (Å²) in [5, 5.41) is 0. The number of rotatable bonds is 7. The van der Waals surface area contributed by atoms with E-state index in [1.807, 2.05) is 38.2 Å². The Hall–Kier alpha value is -2.63. The monoisotopic (exact) mass is 455 g/mol. The van der Waals surface area contributed by atoms with Crippen molar-refractivity contribution in [1.82, 2.24) is 14.4 Å². The molecule has 1 aromatic heterocycles. The number of benzene rings is 1. The van der Waals surface area contributed by atoms with Gasteiger partial charge in [0.2, 0.25) is 11.8 Å². The van der Waals surface area contributed by atoms with Crippen molar-refractivity contribution in [3.8, 4) is 0 Å². The summed E-state index contributed by atoms with van der Waals surface area (Å²) in [6.45, 7) is 13.8. The average molecular weight is 456 g/mol. The molecule has 0 aliphatic carbocycles. The summed E-state index contributed by atoms with van der Waals surface area (Å²) in [6.07, 6.45) is 3.37. The largest absolute Gasteiger partial charge is 0.348 e. The lowest BCUT2D eigenvalue weighted by atomic mass is 9.84. The summed E-state index contributed by atoms with van der Waals surface area (Å²) < 4.78 is 16.2. The Morgan fingerprint density at radius 1 is 1.12 bits per heavy atom. The van der Waals surface area contributed by atoms with E-state index in [9.17, 15) is 14.0 Å². The number of amides is 2. The molecule has 0 saturated heterocycles. The van der Waals surface area contributed by atoms with Crippen LogP contribution in [0, 0.1) is 17.2 Å². The van der Waals surface area contributed by atoms with E-state index < -0.39 is 0 Å². The maximum atomic E-state index is 14.0. The van der Waals surface area contributed by atoms with Gasteiger partial charge in [-0.3, -0.25) is 9.59 Å². The Morgan fingerprint density at radius 3 is 2.48 bits per heavy atom. The van der Waals surface area contributed by atoms with Gasteiger partial charge in [-0.15, -0.1) is 0 Å². The van der Waals surface area contributed by atoms with Crippen LogP contribution in [0.3, 0.4) is 0 Å². The molecule has 0 bridgehead atoms. The maximum absolute atomic E-state index is 14.0. The van der Waals surface area contributed by atoms with E-state index >= 15 is 0 Å². The van der Waals surface area contributed by atoms with E-state index in [0.29, 0.717) is 19.5 Å². The van der Waals surface area contributed by atoms with Crippen molar-refractivity contribution in [3.05, 3.63) is 59.7 Å². The molecule has 2 atom stereocenters. The summed E-state index contributed by atoms with van der Waals surface area (Å²) in [5.74, 6) is -0.178. The number of halogens is 1. The molecule has 1 aromatic carbocycles. The first-order valence-corrected chi connectivity index (χ1v) is 12.0. The molecule has 2 amide bonds. The highest BCUT2D eigenvalue weighted by molar-refractivity contribution is 5.85. The first kappa shape index (κ1) is 25.0. The van der Waals surface area contributed by atoms with E-state index in [-0.39, 0.29) is 47.6 Å². The molecule has 0 N–H and O–H groups in total. The van der Waals surface area contributed by atoms with Gasteiger partial charge in [-0.1, -0.05) is 39.8 Å². The zero-order valence-electron chi connectivity index (χ0n) is 20.8. The van der Waals surface area contributed by atoms with Crippen LogP contribution in [-0.4, -0.2) is 45.3 Å². The van der Waals surface area contributed by atoms with Crippen LogP contribution in [-0.2, 0) is 16.1 Å². The van der Waals surface area contributed by atoms with Gasteiger partial charge in [-0.2, -0.15) is 0 Å². The minimum Gasteiger partial charge on any atom is -0.348 e. The molecule has 2 aromatic rings. The highest BCUT2D eigenvalue weighted by Gasteiger charge is 2.34. The number of hydrogen-bond donors (Lipinski definition) is 0. The molecular formula is C27H38FN3O2. The zero-order valence-corrected chi connectivity index (χ0v) is 20.8. The molecule has 2 heterocycles. The smallest absolute Gasteiger partial charge is 0.243 e. The highest BCUT2D eigenvalue weighted by atomic mass is 19.1. The standard InChI is InChI=1S/C27H38FN3O2/c1-19(2)31(24(32)15-20(3)17-27(4,5)6)18-25(33)30-14-13-29-12-8-11-23(29)26(30)21-9-7-10-22(28)16-21/h7-12,16,19-20,26H,13-15,17-18H2,1-6H3/t20-,26+/m0/s1. The minimum absolute atomic E-state index is 0.0118. The lowest BCUT2D eigenvalue weighted by Gasteiger charge is -2.39. The van der Waals surface area contributed by atoms with Gasteiger partial charge in [-0.25, -0.2) is 4.39 Å². The van der Waals surface area contributed by atoms with E-state index in [1.54, 1.807) is 15.9 Å². The molecule has 33 heavy (non-hydrogen) atoms. The van der Waals surface area contributed by atoms with Crippen molar-refractivity contribution in [2.45, 2.75) is 73.0 Å². The maximum Gasteiger partial charge on any atom is 0.243 e. The van der Waals surface area contributed by atoms with Crippen LogP contribution in [0.5, 0.6) is 0 Å². The van der Waals surface area contributed by atoms with Gasteiger partial charge >= 0.3 is 0 Å². The normalized spacial score (nSPS) is 17.1. The zero-order chi connectivity index (χ0) is 24.3. The lowest BCUT2D eigenvalue weighted by Crippen LogP contribution is -2.49. The second-order valence-corrected chi connectivity index (χ2v) is 10.9. The summed E-state index contributed by atoms with van der Waals surface area (Å²) in [5.41, 5.74) is 1.85. The van der Waals surface area contributed by atoms with Gasteiger partial charge in [0.05, 0.1) is 6.04 Å². The first-order valence-electron chi connectivity index (χ1n) is 12.0. The summed E-state index contributed by atoms with van der Waals surface area (Å²) in [4.78, 5) is 30.2. The number of fused-ring (bicyclic) bond motifs is 1. The lowest BCUT2D eigenvalue weighted by molar-refractivity contribution is -0.144. The van der Waals surface area contributed by atoms with Crippen molar-refractivity contribution < 1.29 is 14.0 Å². The molecule has 1 aliphatic heterocycles. The minimum atomic E-state index is -0.374. The molecule has 3 rings (SSSR count). The van der Waals surface area contributed by atoms with Crippen LogP contribution in [0.4, 0.5) is 4.39 Å². The second-order valence-electron chi connectivity index (χ2n) is 10.9. The van der Waals surface area contributed by atoms with E-state index in [4.69, 9.17) is 0 Å². The van der Waals surface area contributed by atoms with E-state index in [0.717, 1.165) is 17.7 Å². The number of hydrogen-bond acceptors (Lipinski definition) is 2. The average Bonchev–Trinajstić information content (AvgIpc) is 3.18. The molecule has 0 radical (unpaired) electrons. The molecule has 0 spiro atoms. The molecule has 1 aliphatic rings. The SMILES string of the molecule is CC(C)N(CC(=O)N1CCn2cccc2[C@H]1c1cccc(F)c1)C(=O)C[C@H](C)CC(C)(C)C. The van der Waals surface area contributed by atoms with Crippen molar-refractivity contribution in [1.29, 1.82) is 0 Å². The molecule has 0 unspecified atom stereocenters. The molecule has 6 heteroatoms. The van der Waals surface area contributed by atoms with Crippen LogP contribution in [0.1, 0.15) is 71.7 Å². The fourth-order valence-electron chi connectivity index (χ4n) is 5.01. The number of nitrogens with zero attached hydrogens (tertiary/aromatic N) is 3. The van der Waals surface area contributed by atoms with Gasteiger partial charge in [-0.05, 0) is 61.4 Å². The van der Waals surface area contributed by atoms with Crippen LogP contribution < -0.4 is 0 Å². The summed E-state index contributed by atoms with van der Waals surface area (Å²) in [6, 6.07) is 9.92. The van der Waals surface area contributed by atoms with E-state index in [2.05, 4.69) is 32.3 Å². The Balaban J connectivity index is 1.80. The summed E-state index contributed by atoms with van der Waals surface area (Å²) in [7, 11) is 0. The Morgan fingerprint density at radius 2 is 1.85 bits per heavy atom. The Labute approximate surface area is 197 Å². The van der Waals surface area contributed by atoms with Gasteiger partial charge in [0.25, 0.3) is 0 Å². The fourth-order valence-corrected chi connectivity index (χ4v) is 5.01. The van der Waals surface area contributed by atoms with Crippen molar-refractivity contribution in [2.24, 2.45) is 11.3 Å². The molecule has 0 fully saturated rings. The molecule has 5 nitrogen and oxygen atoms in total. The third kappa shape index (κ3) is 6.24. The number of carbonyl (C=O) groups excluding carboxylic acids is 2. The van der Waals surface area contributed by atoms with Gasteiger partial charge in [0.1, 0.15) is 12.4 Å². The Kier molecular flexibility index (Phi) is 7.65. The fraction of sp³-hybridized carbons (Fsp3) is 0.556. The predicted molar refractivity (Wildman–Crippen MR) is 129 cm³/mol. The second kappa shape index (κ2) is 10.1. The molecular weight excluding hydrogens is 417 g/mol. The van der Waals surface area contributed by atoms with Crippen LogP contribution >= 0.6 is 0 Å². The summed E-state index contributed by atoms with van der Waals surface area (Å²) >= 11 is 0. The van der Waals surface area contributed by atoms with E-state index in [1.165, 1.54) is 12.1 Å². The number of carbonyl (C=O) groups is 2.